The first kappa shape index (κ1) is 13.3. The minimum Gasteiger partial charge on any atom is -0.316 e. The molecule has 0 spiro atoms. The maximum atomic E-state index is 12.1. The summed E-state index contributed by atoms with van der Waals surface area (Å²) in [6.45, 7) is 6.07. The first-order valence-corrected chi connectivity index (χ1v) is 9.09. The first-order chi connectivity index (χ1) is 10.1. The van der Waals surface area contributed by atoms with Gasteiger partial charge in [0, 0.05) is 11.1 Å². The molecule has 4 nitrogen and oxygen atoms in total. The van der Waals surface area contributed by atoms with Gasteiger partial charge in [0.15, 0.2) is 0 Å². The van der Waals surface area contributed by atoms with Crippen molar-refractivity contribution in [2.24, 2.45) is 11.8 Å². The number of allylic oxidation sites excluding steroid dienone is 1. The summed E-state index contributed by atoms with van der Waals surface area (Å²) in [6.07, 6.45) is 3.61. The lowest BCUT2D eigenvalue weighted by Gasteiger charge is -2.19. The van der Waals surface area contributed by atoms with E-state index < -0.39 is 10.0 Å². The SMILES string of the molecule is C=CC1(c2cccc(NS(=O)(=O)C3CC3)c2)[C@@H]2CNC[C@@H]21. The van der Waals surface area contributed by atoms with Gasteiger partial charge in [-0.1, -0.05) is 18.2 Å². The van der Waals surface area contributed by atoms with Gasteiger partial charge in [-0.2, -0.15) is 0 Å². The molecule has 112 valence electrons. The van der Waals surface area contributed by atoms with Gasteiger partial charge >= 0.3 is 0 Å². The summed E-state index contributed by atoms with van der Waals surface area (Å²) in [6, 6.07) is 7.85. The molecule has 4 rings (SSSR count). The minimum absolute atomic E-state index is 0.0340. The molecular formula is C16H20N2O2S. The fraction of sp³-hybridized carbons (Fsp3) is 0.500. The van der Waals surface area contributed by atoms with Crippen molar-refractivity contribution < 1.29 is 8.42 Å². The summed E-state index contributed by atoms with van der Waals surface area (Å²) in [5.41, 5.74) is 1.90. The molecule has 2 saturated carbocycles. The molecule has 0 aromatic heterocycles. The number of nitrogens with one attached hydrogen (secondary N) is 2. The van der Waals surface area contributed by atoms with Crippen LogP contribution >= 0.6 is 0 Å². The van der Waals surface area contributed by atoms with Gasteiger partial charge in [-0.15, -0.1) is 6.58 Å². The summed E-state index contributed by atoms with van der Waals surface area (Å²) >= 11 is 0. The van der Waals surface area contributed by atoms with Gasteiger partial charge in [-0.05, 0) is 55.5 Å². The fourth-order valence-corrected chi connectivity index (χ4v) is 5.29. The number of piperidine rings is 1. The van der Waals surface area contributed by atoms with E-state index in [0.717, 1.165) is 25.9 Å². The molecule has 21 heavy (non-hydrogen) atoms. The maximum Gasteiger partial charge on any atom is 0.235 e. The summed E-state index contributed by atoms with van der Waals surface area (Å²) < 4.78 is 26.9. The Labute approximate surface area is 125 Å². The zero-order valence-electron chi connectivity index (χ0n) is 11.9. The average molecular weight is 304 g/mol. The number of anilines is 1. The number of hydrogen-bond acceptors (Lipinski definition) is 3. The van der Waals surface area contributed by atoms with E-state index in [2.05, 4.69) is 28.8 Å². The largest absolute Gasteiger partial charge is 0.316 e. The van der Waals surface area contributed by atoms with Gasteiger partial charge in [0.05, 0.1) is 5.25 Å². The molecule has 1 saturated heterocycles. The molecule has 0 amide bonds. The molecule has 0 radical (unpaired) electrons. The van der Waals surface area contributed by atoms with Crippen molar-refractivity contribution >= 4 is 15.7 Å². The molecule has 3 fully saturated rings. The Hall–Kier alpha value is -1.33. The van der Waals surface area contributed by atoms with Crippen LogP contribution in [0.15, 0.2) is 36.9 Å². The summed E-state index contributed by atoms with van der Waals surface area (Å²) in [7, 11) is -3.20. The molecule has 5 heteroatoms. The van der Waals surface area contributed by atoms with E-state index in [1.165, 1.54) is 5.56 Å². The van der Waals surface area contributed by atoms with Crippen LogP contribution in [0.2, 0.25) is 0 Å². The van der Waals surface area contributed by atoms with E-state index >= 15 is 0 Å². The number of benzene rings is 1. The third kappa shape index (κ3) is 1.94. The quantitative estimate of drug-likeness (QED) is 0.817. The molecule has 1 aliphatic heterocycles. The van der Waals surface area contributed by atoms with Crippen molar-refractivity contribution in [3.8, 4) is 0 Å². The normalized spacial score (nSPS) is 34.3. The van der Waals surface area contributed by atoms with Crippen molar-refractivity contribution in [1.82, 2.24) is 5.32 Å². The summed E-state index contributed by atoms with van der Waals surface area (Å²) in [5, 5.41) is 3.20. The smallest absolute Gasteiger partial charge is 0.235 e. The third-order valence-corrected chi connectivity index (χ3v) is 7.13. The molecular weight excluding hydrogens is 284 g/mol. The van der Waals surface area contributed by atoms with Crippen LogP contribution in [-0.4, -0.2) is 26.8 Å². The Morgan fingerprint density at radius 1 is 1.29 bits per heavy atom. The molecule has 3 atom stereocenters. The number of fused-ring (bicyclic) bond motifs is 1. The number of sulfonamides is 1. The van der Waals surface area contributed by atoms with Gasteiger partial charge in [-0.25, -0.2) is 8.42 Å². The molecule has 2 aliphatic carbocycles. The highest BCUT2D eigenvalue weighted by molar-refractivity contribution is 7.93. The average Bonchev–Trinajstić information content (AvgIpc) is 3.36. The van der Waals surface area contributed by atoms with Crippen LogP contribution in [0.1, 0.15) is 18.4 Å². The Bertz CT molecular complexity index is 684. The lowest BCUT2D eigenvalue weighted by atomic mass is 9.90. The second-order valence-corrected chi connectivity index (χ2v) is 8.40. The molecule has 3 aliphatic rings. The van der Waals surface area contributed by atoms with Crippen LogP contribution in [0.5, 0.6) is 0 Å². The Balaban J connectivity index is 1.63. The second-order valence-electron chi connectivity index (χ2n) is 6.44. The van der Waals surface area contributed by atoms with Gasteiger partial charge in [0.25, 0.3) is 0 Å². The minimum atomic E-state index is -3.20. The predicted octanol–water partition coefficient (Wildman–Crippen LogP) is 1.86. The first-order valence-electron chi connectivity index (χ1n) is 7.54. The van der Waals surface area contributed by atoms with Crippen LogP contribution < -0.4 is 10.0 Å². The Kier molecular flexibility index (Phi) is 2.75. The van der Waals surface area contributed by atoms with E-state index in [9.17, 15) is 8.42 Å². The lowest BCUT2D eigenvalue weighted by molar-refractivity contribution is 0.599. The Morgan fingerprint density at radius 2 is 2.00 bits per heavy atom. The molecule has 0 bridgehead atoms. The van der Waals surface area contributed by atoms with Gasteiger partial charge in [-0.3, -0.25) is 4.72 Å². The zero-order valence-corrected chi connectivity index (χ0v) is 12.7. The molecule has 1 heterocycles. The standard InChI is InChI=1S/C16H20N2O2S/c1-2-16(14-9-17-10-15(14)16)11-4-3-5-12(8-11)18-21(19,20)13-6-7-13/h2-5,8,13-15,17-18H,1,6-7,9-10H2/t14-,15+,16?. The van der Waals surface area contributed by atoms with Crippen molar-refractivity contribution in [3.05, 3.63) is 42.5 Å². The van der Waals surface area contributed by atoms with E-state index in [1.54, 1.807) is 0 Å². The maximum absolute atomic E-state index is 12.1. The van der Waals surface area contributed by atoms with Crippen LogP contribution in [0, 0.1) is 11.8 Å². The highest BCUT2D eigenvalue weighted by Crippen LogP contribution is 2.62. The third-order valence-electron chi connectivity index (χ3n) is 5.26. The summed E-state index contributed by atoms with van der Waals surface area (Å²) in [4.78, 5) is 0. The van der Waals surface area contributed by atoms with E-state index in [0.29, 0.717) is 17.5 Å². The van der Waals surface area contributed by atoms with Crippen LogP contribution in [0.4, 0.5) is 5.69 Å². The monoisotopic (exact) mass is 304 g/mol. The second kappa shape index (κ2) is 4.34. The highest BCUT2D eigenvalue weighted by Gasteiger charge is 2.65. The van der Waals surface area contributed by atoms with Crippen molar-refractivity contribution in [2.75, 3.05) is 17.8 Å². The number of rotatable bonds is 5. The van der Waals surface area contributed by atoms with Crippen LogP contribution in [0.3, 0.4) is 0 Å². The molecule has 2 N–H and O–H groups in total. The van der Waals surface area contributed by atoms with E-state index in [-0.39, 0.29) is 10.7 Å². The molecule has 1 aromatic rings. The van der Waals surface area contributed by atoms with Gasteiger partial charge in [0.1, 0.15) is 0 Å². The van der Waals surface area contributed by atoms with Gasteiger partial charge in [0.2, 0.25) is 10.0 Å². The zero-order chi connectivity index (χ0) is 14.7. The number of hydrogen-bond donors (Lipinski definition) is 2. The summed E-state index contributed by atoms with van der Waals surface area (Å²) in [5.74, 6) is 1.20. The topological polar surface area (TPSA) is 58.2 Å². The lowest BCUT2D eigenvalue weighted by Crippen LogP contribution is -2.24. The molecule has 1 unspecified atom stereocenters. The van der Waals surface area contributed by atoms with E-state index in [1.807, 2.05) is 18.2 Å². The van der Waals surface area contributed by atoms with Gasteiger partial charge < -0.3 is 5.32 Å². The molecule has 1 aromatic carbocycles. The van der Waals surface area contributed by atoms with Crippen molar-refractivity contribution in [1.29, 1.82) is 0 Å². The van der Waals surface area contributed by atoms with Crippen molar-refractivity contribution in [2.45, 2.75) is 23.5 Å². The van der Waals surface area contributed by atoms with E-state index in [4.69, 9.17) is 0 Å². The van der Waals surface area contributed by atoms with Crippen LogP contribution in [0.25, 0.3) is 0 Å². The predicted molar refractivity (Wildman–Crippen MR) is 83.7 cm³/mol. The highest BCUT2D eigenvalue weighted by atomic mass is 32.2. The fourth-order valence-electron chi connectivity index (χ4n) is 3.91. The Morgan fingerprint density at radius 3 is 2.62 bits per heavy atom. The van der Waals surface area contributed by atoms with Crippen LogP contribution in [-0.2, 0) is 15.4 Å². The van der Waals surface area contributed by atoms with Crippen molar-refractivity contribution in [3.63, 3.8) is 0 Å².